The third-order valence-corrected chi connectivity index (χ3v) is 3.21. The van der Waals surface area contributed by atoms with Crippen molar-refractivity contribution in [2.24, 2.45) is 0 Å². The van der Waals surface area contributed by atoms with Crippen LogP contribution in [0.25, 0.3) is 0 Å². The Balaban J connectivity index is -0.000000695. The molecule has 0 saturated carbocycles. The van der Waals surface area contributed by atoms with Crippen LogP contribution in [0.5, 0.6) is 0 Å². The number of carbonyl (C=O) groups excluding carboxylic acids is 1. The van der Waals surface area contributed by atoms with Crippen molar-refractivity contribution in [2.45, 2.75) is 62.3 Å². The lowest BCUT2D eigenvalue weighted by Gasteiger charge is -2.23. The number of aryl methyl sites for hydroxylation is 1. The summed E-state index contributed by atoms with van der Waals surface area (Å²) in [6, 6.07) is 15.3. The average Bonchev–Trinajstić information content (AvgIpc) is 2.78. The summed E-state index contributed by atoms with van der Waals surface area (Å²) in [5.41, 5.74) is 3.38. The zero-order valence-electron chi connectivity index (χ0n) is 19.9. The second kappa shape index (κ2) is 19.4. The zero-order valence-corrected chi connectivity index (χ0v) is 19.9. The summed E-state index contributed by atoms with van der Waals surface area (Å²) in [7, 11) is 3.22. The number of hydrogen-bond donors (Lipinski definition) is 1. The monoisotopic (exact) mass is 390 g/mol. The summed E-state index contributed by atoms with van der Waals surface area (Å²) >= 11 is 0. The van der Waals surface area contributed by atoms with Crippen molar-refractivity contribution in [3.63, 3.8) is 0 Å². The van der Waals surface area contributed by atoms with Gasteiger partial charge in [0.05, 0.1) is 11.3 Å². The number of amides is 1. The molecule has 0 fully saturated rings. The Morgan fingerprint density at radius 3 is 1.61 bits per heavy atom. The lowest BCUT2D eigenvalue weighted by Crippen LogP contribution is -2.25. The van der Waals surface area contributed by atoms with E-state index in [1.54, 1.807) is 12.1 Å². The molecule has 2 rings (SSSR count). The highest BCUT2D eigenvalue weighted by Gasteiger charge is 2.17. The van der Waals surface area contributed by atoms with Gasteiger partial charge in [-0.05, 0) is 31.2 Å². The number of hydrogen-bond acceptors (Lipinski definition) is 3. The molecule has 4 heteroatoms. The molecule has 4 nitrogen and oxygen atoms in total. The highest BCUT2D eigenvalue weighted by molar-refractivity contribution is 5.99. The fraction of sp³-hybridized carbons (Fsp3) is 0.458. The van der Waals surface area contributed by atoms with Crippen LogP contribution in [0, 0.1) is 6.92 Å². The van der Waals surface area contributed by atoms with Crippen molar-refractivity contribution < 1.29 is 10.0 Å². The molecule has 1 N–H and O–H groups in total. The van der Waals surface area contributed by atoms with Crippen molar-refractivity contribution in [1.82, 2.24) is 5.06 Å². The minimum Gasteiger partial charge on any atom is -0.344 e. The molecule has 160 valence electrons. The maximum Gasteiger partial charge on any atom is 0.279 e. The van der Waals surface area contributed by atoms with Gasteiger partial charge in [0.2, 0.25) is 0 Å². The van der Waals surface area contributed by atoms with Gasteiger partial charge in [0, 0.05) is 19.8 Å². The zero-order chi connectivity index (χ0) is 22.7. The fourth-order valence-electron chi connectivity index (χ4n) is 2.03. The normalized spacial score (nSPS) is 8.14. The minimum atomic E-state index is -0.431. The van der Waals surface area contributed by atoms with Crippen LogP contribution in [-0.2, 0) is 0 Å². The summed E-state index contributed by atoms with van der Waals surface area (Å²) < 4.78 is 0. The van der Waals surface area contributed by atoms with E-state index in [-0.39, 0.29) is 0 Å². The van der Waals surface area contributed by atoms with E-state index in [9.17, 15) is 10.0 Å². The number of anilines is 2. The maximum atomic E-state index is 12.0. The lowest BCUT2D eigenvalue weighted by molar-refractivity contribution is -0.0374. The van der Waals surface area contributed by atoms with Gasteiger partial charge in [-0.2, -0.15) is 0 Å². The molecule has 2 aromatic rings. The first-order chi connectivity index (χ1) is 13.5. The number of carbonyl (C=O) groups is 1. The van der Waals surface area contributed by atoms with Crippen LogP contribution in [0.15, 0.2) is 48.5 Å². The van der Waals surface area contributed by atoms with Gasteiger partial charge in [0.25, 0.3) is 5.91 Å². The van der Waals surface area contributed by atoms with Crippen LogP contribution in [0.1, 0.15) is 71.3 Å². The fourth-order valence-corrected chi connectivity index (χ4v) is 2.03. The Bertz CT molecular complexity index is 608. The summed E-state index contributed by atoms with van der Waals surface area (Å²) in [5, 5.41) is 9.95. The largest absolute Gasteiger partial charge is 0.344 e. The topological polar surface area (TPSA) is 43.8 Å². The van der Waals surface area contributed by atoms with Crippen molar-refractivity contribution in [3.8, 4) is 0 Å². The first kappa shape index (κ1) is 30.4. The van der Waals surface area contributed by atoms with E-state index in [2.05, 4.69) is 0 Å². The first-order valence-corrected chi connectivity index (χ1v) is 10.4. The molecule has 0 radical (unpaired) electrons. The molecule has 0 spiro atoms. The Labute approximate surface area is 173 Å². The minimum absolute atomic E-state index is 0.431. The second-order valence-corrected chi connectivity index (χ2v) is 4.74. The van der Waals surface area contributed by atoms with Crippen molar-refractivity contribution in [2.75, 3.05) is 19.0 Å². The Morgan fingerprint density at radius 2 is 1.18 bits per heavy atom. The van der Waals surface area contributed by atoms with Gasteiger partial charge < -0.3 is 4.90 Å². The van der Waals surface area contributed by atoms with Crippen LogP contribution in [0.2, 0.25) is 0 Å². The van der Waals surface area contributed by atoms with Crippen LogP contribution in [-0.4, -0.2) is 30.3 Å². The van der Waals surface area contributed by atoms with Gasteiger partial charge in [-0.15, -0.1) is 0 Å². The second-order valence-electron chi connectivity index (χ2n) is 4.74. The van der Waals surface area contributed by atoms with Gasteiger partial charge in [-0.25, -0.2) is 5.06 Å². The maximum absolute atomic E-state index is 12.0. The molecule has 2 aromatic carbocycles. The average molecular weight is 391 g/mol. The van der Waals surface area contributed by atoms with Crippen LogP contribution in [0.3, 0.4) is 0 Å². The molecule has 0 aliphatic heterocycles. The van der Waals surface area contributed by atoms with E-state index in [4.69, 9.17) is 0 Å². The molecular formula is C24H42N2O2. The lowest BCUT2D eigenvalue weighted by atomic mass is 10.1. The summed E-state index contributed by atoms with van der Waals surface area (Å²) in [5.74, 6) is -0.431. The Hall–Kier alpha value is -2.33. The highest BCUT2D eigenvalue weighted by Crippen LogP contribution is 2.27. The molecule has 0 saturated heterocycles. The van der Waals surface area contributed by atoms with Crippen molar-refractivity contribution in [1.29, 1.82) is 0 Å². The number of nitrogens with zero attached hydrogens (tertiary/aromatic N) is 2. The molecule has 0 aliphatic rings. The van der Waals surface area contributed by atoms with E-state index < -0.39 is 5.91 Å². The predicted octanol–water partition coefficient (Wildman–Crippen LogP) is 7.33. The van der Waals surface area contributed by atoms with Crippen molar-refractivity contribution >= 4 is 17.3 Å². The molecule has 0 heterocycles. The summed E-state index contributed by atoms with van der Waals surface area (Å²) in [6.07, 6.45) is 0. The van der Waals surface area contributed by atoms with E-state index >= 15 is 0 Å². The number of rotatable bonds is 3. The molecule has 28 heavy (non-hydrogen) atoms. The van der Waals surface area contributed by atoms with Gasteiger partial charge >= 0.3 is 0 Å². The SMILES string of the molecule is CC.CC.CC.CC.Cc1ccc(N(C)c2ccccc2C(=O)N(C)O)cc1. The molecule has 0 unspecified atom stereocenters. The molecule has 0 aromatic heterocycles. The van der Waals surface area contributed by atoms with E-state index in [1.165, 1.54) is 12.6 Å². The van der Waals surface area contributed by atoms with Crippen LogP contribution in [0.4, 0.5) is 11.4 Å². The molecular weight excluding hydrogens is 348 g/mol. The van der Waals surface area contributed by atoms with Crippen LogP contribution >= 0.6 is 0 Å². The number of benzene rings is 2. The molecule has 0 atom stereocenters. The highest BCUT2D eigenvalue weighted by atomic mass is 16.5. The van der Waals surface area contributed by atoms with E-state index in [0.29, 0.717) is 10.6 Å². The third kappa shape index (κ3) is 10.1. The van der Waals surface area contributed by atoms with Crippen molar-refractivity contribution in [3.05, 3.63) is 59.7 Å². The summed E-state index contributed by atoms with van der Waals surface area (Å²) in [6.45, 7) is 18.0. The first-order valence-electron chi connectivity index (χ1n) is 10.4. The predicted molar refractivity (Wildman–Crippen MR) is 125 cm³/mol. The van der Waals surface area contributed by atoms with Crippen LogP contribution < -0.4 is 4.90 Å². The standard InChI is InChI=1S/C16H18N2O2.4C2H6/c1-12-8-10-13(11-9-12)17(2)15-7-5-4-6-14(15)16(19)18(3)20;4*1-2/h4-11,20H,1-3H3;4*1-2H3. The smallest absolute Gasteiger partial charge is 0.279 e. The number of hydroxylamine groups is 2. The Kier molecular flexibility index (Phi) is 21.1. The van der Waals surface area contributed by atoms with E-state index in [0.717, 1.165) is 11.4 Å². The molecule has 0 aliphatic carbocycles. The number of para-hydroxylation sites is 1. The van der Waals surface area contributed by atoms with Gasteiger partial charge in [0.15, 0.2) is 0 Å². The van der Waals surface area contributed by atoms with E-state index in [1.807, 2.05) is 111 Å². The Morgan fingerprint density at radius 1 is 0.750 bits per heavy atom. The summed E-state index contributed by atoms with van der Waals surface area (Å²) in [4.78, 5) is 13.9. The van der Waals surface area contributed by atoms with Gasteiger partial charge in [-0.1, -0.05) is 85.2 Å². The quantitative estimate of drug-likeness (QED) is 0.441. The van der Waals surface area contributed by atoms with Gasteiger partial charge in [0.1, 0.15) is 0 Å². The molecule has 0 bridgehead atoms. The van der Waals surface area contributed by atoms with Gasteiger partial charge in [-0.3, -0.25) is 10.0 Å². The third-order valence-electron chi connectivity index (χ3n) is 3.21. The molecule has 1 amide bonds.